The van der Waals surface area contributed by atoms with Crippen molar-refractivity contribution in [3.05, 3.63) is 27.5 Å². The highest BCUT2D eigenvalue weighted by Gasteiger charge is 2.31. The molecule has 2 aromatic rings. The molecule has 2 aliphatic rings. The summed E-state index contributed by atoms with van der Waals surface area (Å²) in [6.07, 6.45) is -0.786. The fourth-order valence-corrected chi connectivity index (χ4v) is 4.04. The summed E-state index contributed by atoms with van der Waals surface area (Å²) in [6.45, 7) is 3.21. The Morgan fingerprint density at radius 2 is 2.07 bits per heavy atom. The van der Waals surface area contributed by atoms with Gasteiger partial charge < -0.3 is 34.1 Å². The molecular formula is C18H20ClN3O6. The summed E-state index contributed by atoms with van der Waals surface area (Å²) >= 11 is 6.55. The van der Waals surface area contributed by atoms with E-state index in [0.29, 0.717) is 22.0 Å². The van der Waals surface area contributed by atoms with Gasteiger partial charge in [0.1, 0.15) is 11.8 Å². The summed E-state index contributed by atoms with van der Waals surface area (Å²) in [6, 6.07) is 1.53. The number of nitrogens with zero attached hydrogens (tertiary/aromatic N) is 3. The number of pyridine rings is 1. The second-order valence-electron chi connectivity index (χ2n) is 6.99. The third-order valence-corrected chi connectivity index (χ3v) is 5.40. The number of hydrogen-bond donors (Lipinski definition) is 2. The molecule has 1 atom stereocenters. The highest BCUT2D eigenvalue weighted by atomic mass is 35.5. The zero-order valence-corrected chi connectivity index (χ0v) is 16.0. The summed E-state index contributed by atoms with van der Waals surface area (Å²) in [4.78, 5) is 28.0. The monoisotopic (exact) mass is 409 g/mol. The Morgan fingerprint density at radius 3 is 2.71 bits per heavy atom. The van der Waals surface area contributed by atoms with Crippen molar-refractivity contribution in [1.82, 2.24) is 9.47 Å². The van der Waals surface area contributed by atoms with Crippen LogP contribution in [0, 0.1) is 0 Å². The van der Waals surface area contributed by atoms with E-state index in [4.69, 9.17) is 21.4 Å². The number of benzene rings is 1. The van der Waals surface area contributed by atoms with Gasteiger partial charge >= 0.3 is 6.16 Å². The number of aliphatic hydroxyl groups is 1. The van der Waals surface area contributed by atoms with Gasteiger partial charge in [0.2, 0.25) is 5.43 Å². The topological polar surface area (TPSA) is 104 Å². The molecule has 0 radical (unpaired) electrons. The second-order valence-corrected chi connectivity index (χ2v) is 7.40. The minimum absolute atomic E-state index is 0.216. The first-order valence-electron chi connectivity index (χ1n) is 8.90. The van der Waals surface area contributed by atoms with Crippen molar-refractivity contribution >= 4 is 34.3 Å². The summed E-state index contributed by atoms with van der Waals surface area (Å²) in [7, 11) is 2.04. The summed E-state index contributed by atoms with van der Waals surface area (Å²) in [5.74, 6) is 0.115. The van der Waals surface area contributed by atoms with Crippen molar-refractivity contribution in [1.29, 1.82) is 0 Å². The lowest BCUT2D eigenvalue weighted by Gasteiger charge is -2.37. The number of ether oxygens (including phenoxy) is 2. The van der Waals surface area contributed by atoms with Crippen molar-refractivity contribution in [3.8, 4) is 11.5 Å². The Kier molecular flexibility index (Phi) is 4.82. The highest BCUT2D eigenvalue weighted by Crippen LogP contribution is 2.44. The number of anilines is 1. The molecule has 2 N–H and O–H groups in total. The molecule has 0 saturated carbocycles. The molecule has 1 fully saturated rings. The van der Waals surface area contributed by atoms with Crippen LogP contribution in [0.1, 0.15) is 0 Å². The fourth-order valence-electron chi connectivity index (χ4n) is 3.73. The molecule has 9 nitrogen and oxygen atoms in total. The predicted octanol–water partition coefficient (Wildman–Crippen LogP) is 1.22. The van der Waals surface area contributed by atoms with Crippen LogP contribution in [0.5, 0.6) is 11.5 Å². The average molecular weight is 410 g/mol. The minimum atomic E-state index is -1.57. The standard InChI is InChI=1S/C18H20ClN3O6/c1-20-2-4-21(5-3-20)15-12(19)6-11-14-17(15)27-10(9-23)7-22(14)8-13(16(11)24)28-18(25)26/h6,8,10,23H,2-5,7,9H2,1H3,(H,25,26). The molecular weight excluding hydrogens is 390 g/mol. The smallest absolute Gasteiger partial charge is 0.482 e. The molecule has 1 aromatic carbocycles. The van der Waals surface area contributed by atoms with E-state index in [1.54, 1.807) is 4.57 Å². The average Bonchev–Trinajstić information content (AvgIpc) is 2.65. The lowest BCUT2D eigenvalue weighted by atomic mass is 10.1. The van der Waals surface area contributed by atoms with Gasteiger partial charge in [0.05, 0.1) is 35.3 Å². The van der Waals surface area contributed by atoms with Crippen LogP contribution in [0.15, 0.2) is 17.1 Å². The zero-order valence-electron chi connectivity index (χ0n) is 15.2. The number of halogens is 1. The number of piperazine rings is 1. The van der Waals surface area contributed by atoms with E-state index in [1.165, 1.54) is 12.3 Å². The largest absolute Gasteiger partial charge is 0.511 e. The first kappa shape index (κ1) is 18.9. The maximum absolute atomic E-state index is 12.8. The molecule has 0 bridgehead atoms. The Balaban J connectivity index is 1.94. The first-order chi connectivity index (χ1) is 13.4. The molecule has 0 aliphatic carbocycles. The van der Waals surface area contributed by atoms with Gasteiger partial charge in [-0.1, -0.05) is 11.6 Å². The second kappa shape index (κ2) is 7.16. The minimum Gasteiger partial charge on any atom is -0.482 e. The van der Waals surface area contributed by atoms with E-state index >= 15 is 0 Å². The molecule has 1 aromatic heterocycles. The van der Waals surface area contributed by atoms with E-state index in [-0.39, 0.29) is 24.3 Å². The first-order valence-corrected chi connectivity index (χ1v) is 9.28. The molecule has 1 unspecified atom stereocenters. The van der Waals surface area contributed by atoms with Crippen LogP contribution in [0.25, 0.3) is 10.9 Å². The van der Waals surface area contributed by atoms with Crippen LogP contribution >= 0.6 is 11.6 Å². The van der Waals surface area contributed by atoms with Crippen LogP contribution in [0.3, 0.4) is 0 Å². The van der Waals surface area contributed by atoms with Gasteiger partial charge in [-0.05, 0) is 13.1 Å². The molecule has 150 valence electrons. The van der Waals surface area contributed by atoms with E-state index in [0.717, 1.165) is 26.2 Å². The Morgan fingerprint density at radius 1 is 1.36 bits per heavy atom. The highest BCUT2D eigenvalue weighted by molar-refractivity contribution is 6.34. The number of carbonyl (C=O) groups is 1. The van der Waals surface area contributed by atoms with Gasteiger partial charge in [0.25, 0.3) is 0 Å². The maximum Gasteiger partial charge on any atom is 0.511 e. The van der Waals surface area contributed by atoms with Crippen molar-refractivity contribution in [3.63, 3.8) is 0 Å². The molecule has 28 heavy (non-hydrogen) atoms. The van der Waals surface area contributed by atoms with Gasteiger partial charge in [-0.15, -0.1) is 0 Å². The molecule has 0 spiro atoms. The van der Waals surface area contributed by atoms with Crippen molar-refractivity contribution in [2.45, 2.75) is 12.6 Å². The third kappa shape index (κ3) is 3.15. The van der Waals surface area contributed by atoms with Crippen LogP contribution in [0.2, 0.25) is 5.02 Å². The summed E-state index contributed by atoms with van der Waals surface area (Å²) < 4.78 is 12.3. The lowest BCUT2D eigenvalue weighted by Crippen LogP contribution is -2.45. The predicted molar refractivity (Wildman–Crippen MR) is 103 cm³/mol. The number of aromatic nitrogens is 1. The Hall–Kier alpha value is -2.49. The van der Waals surface area contributed by atoms with E-state index < -0.39 is 17.7 Å². The maximum atomic E-state index is 12.8. The number of carboxylic acid groups (broad SMARTS) is 1. The zero-order chi connectivity index (χ0) is 20.0. The van der Waals surface area contributed by atoms with Crippen LogP contribution in [-0.4, -0.2) is 71.8 Å². The van der Waals surface area contributed by atoms with Crippen LogP contribution in [0.4, 0.5) is 10.5 Å². The third-order valence-electron chi connectivity index (χ3n) is 5.12. The molecule has 1 saturated heterocycles. The SMILES string of the molecule is CN1CCN(c2c(Cl)cc3c(=O)c(OC(=O)O)cn4c3c2OC(CO)C4)CC1. The number of aliphatic hydroxyl groups excluding tert-OH is 1. The molecule has 10 heteroatoms. The van der Waals surface area contributed by atoms with Crippen molar-refractivity contribution in [2.75, 3.05) is 44.7 Å². The van der Waals surface area contributed by atoms with Gasteiger partial charge in [-0.25, -0.2) is 4.79 Å². The van der Waals surface area contributed by atoms with Crippen LogP contribution < -0.4 is 19.8 Å². The van der Waals surface area contributed by atoms with Gasteiger partial charge in [-0.3, -0.25) is 4.79 Å². The van der Waals surface area contributed by atoms with E-state index in [1.807, 2.05) is 7.05 Å². The Bertz CT molecular complexity index is 999. The van der Waals surface area contributed by atoms with Crippen molar-refractivity contribution < 1.29 is 24.5 Å². The lowest BCUT2D eigenvalue weighted by molar-refractivity contribution is 0.0951. The normalized spacial score (nSPS) is 19.5. The molecule has 3 heterocycles. The van der Waals surface area contributed by atoms with Crippen molar-refractivity contribution in [2.24, 2.45) is 0 Å². The number of rotatable bonds is 3. The molecule has 4 rings (SSSR count). The molecule has 2 aliphatic heterocycles. The van der Waals surface area contributed by atoms with Gasteiger partial charge in [0.15, 0.2) is 11.5 Å². The Labute approximate surface area is 165 Å². The summed E-state index contributed by atoms with van der Waals surface area (Å²) in [5.41, 5.74) is 0.624. The fraction of sp³-hybridized carbons (Fsp3) is 0.444. The number of likely N-dealkylation sites (N-methyl/N-ethyl adjacent to an activating group) is 1. The molecule has 0 amide bonds. The summed E-state index contributed by atoms with van der Waals surface area (Å²) in [5, 5.41) is 19.1. The van der Waals surface area contributed by atoms with Gasteiger partial charge in [0, 0.05) is 26.2 Å². The number of hydrogen-bond acceptors (Lipinski definition) is 7. The van der Waals surface area contributed by atoms with Crippen LogP contribution in [-0.2, 0) is 6.54 Å². The van der Waals surface area contributed by atoms with E-state index in [2.05, 4.69) is 14.5 Å². The quantitative estimate of drug-likeness (QED) is 0.729. The van der Waals surface area contributed by atoms with Gasteiger partial charge in [-0.2, -0.15) is 0 Å². The van der Waals surface area contributed by atoms with E-state index in [9.17, 15) is 14.7 Å².